The van der Waals surface area contributed by atoms with Gasteiger partial charge in [-0.15, -0.1) is 0 Å². The van der Waals surface area contributed by atoms with Crippen LogP contribution in [0.4, 0.5) is 0 Å². The van der Waals surface area contributed by atoms with E-state index in [1.54, 1.807) is 0 Å². The van der Waals surface area contributed by atoms with Crippen LogP contribution in [0.2, 0.25) is 0 Å². The van der Waals surface area contributed by atoms with Crippen LogP contribution in [0.15, 0.2) is 150 Å². The van der Waals surface area contributed by atoms with Crippen molar-refractivity contribution in [3.8, 4) is 34.5 Å². The van der Waals surface area contributed by atoms with Crippen LogP contribution in [-0.2, 0) is 38.5 Å². The van der Waals surface area contributed by atoms with E-state index in [1.807, 2.05) is 72.8 Å². The van der Waals surface area contributed by atoms with Gasteiger partial charge >= 0.3 is 397 Å². The van der Waals surface area contributed by atoms with Crippen molar-refractivity contribution < 1.29 is 27.1 Å². The molecule has 0 saturated carbocycles. The molecule has 1 heterocycles. The molecule has 66 heavy (non-hydrogen) atoms. The molecule has 0 atom stereocenters. The van der Waals surface area contributed by atoms with Crippen molar-refractivity contribution in [2.75, 3.05) is 0 Å². The van der Waals surface area contributed by atoms with Gasteiger partial charge in [-0.05, 0) is 0 Å². The van der Waals surface area contributed by atoms with E-state index in [0.717, 1.165) is 77.0 Å². The minimum atomic E-state index is -4.29. The van der Waals surface area contributed by atoms with Crippen LogP contribution in [0.3, 0.4) is 0 Å². The Labute approximate surface area is 395 Å². The number of nitrogens with zero attached hydrogens (tertiary/aromatic N) is 1. The van der Waals surface area contributed by atoms with E-state index in [0.29, 0.717) is 34.5 Å². The van der Waals surface area contributed by atoms with Gasteiger partial charge in [0.05, 0.1) is 0 Å². The fourth-order valence-corrected chi connectivity index (χ4v) is 19.5. The van der Waals surface area contributed by atoms with Gasteiger partial charge in [0.25, 0.3) is 0 Å². The maximum absolute atomic E-state index is 7.30. The summed E-state index contributed by atoms with van der Waals surface area (Å²) in [5, 5.41) is 0. The standard InChI is InChI=1S/C54H70N3O6P3/c1-7-13-43-19-31-49(32-20-43)58-64(59-50-33-21-44(14-8-2)22-34-50)55-65(60-51-35-23-45(15-9-3)24-36-51,61-52-37-25-46(16-10-4)26-38-52)57-66(56-64,62-53-39-27-47(17-11-5)28-40-53)63-54-41-29-48(18-12-6)30-42-54/h19-42,55-56,64-65H,7-18H2,1-6H3. The Bertz CT molecular complexity index is 2290. The van der Waals surface area contributed by atoms with Gasteiger partial charge in [0, 0.05) is 0 Å². The Balaban J connectivity index is 1.48. The molecule has 7 rings (SSSR count). The molecule has 1 aliphatic heterocycles. The summed E-state index contributed by atoms with van der Waals surface area (Å²) < 4.78 is 49.2. The minimum absolute atomic E-state index is 0.565. The second kappa shape index (κ2) is 23.7. The first-order chi connectivity index (χ1) is 32.2. The van der Waals surface area contributed by atoms with Gasteiger partial charge in [0.1, 0.15) is 0 Å². The van der Waals surface area contributed by atoms with Crippen molar-refractivity contribution in [2.45, 2.75) is 119 Å². The molecule has 0 fully saturated rings. The van der Waals surface area contributed by atoms with Crippen molar-refractivity contribution in [1.29, 1.82) is 0 Å². The third-order valence-electron chi connectivity index (χ3n) is 11.1. The Kier molecular flexibility index (Phi) is 17.6. The fourth-order valence-electron chi connectivity index (χ4n) is 7.98. The number of aryl methyl sites for hydroxylation is 6. The molecule has 6 aromatic carbocycles. The van der Waals surface area contributed by atoms with Crippen molar-refractivity contribution in [3.63, 3.8) is 0 Å². The van der Waals surface area contributed by atoms with E-state index in [4.69, 9.17) is 31.7 Å². The molecule has 0 radical (unpaired) electrons. The first kappa shape index (κ1) is 49.0. The molecule has 12 heteroatoms. The summed E-state index contributed by atoms with van der Waals surface area (Å²) in [7, 11) is -12.3. The molecule has 0 spiro atoms. The average molecular weight is 950 g/mol. The van der Waals surface area contributed by atoms with Gasteiger partial charge in [-0.2, -0.15) is 0 Å². The van der Waals surface area contributed by atoms with E-state index in [2.05, 4.69) is 124 Å². The predicted octanol–water partition coefficient (Wildman–Crippen LogP) is 16.1. The number of rotatable bonds is 24. The molecular weight excluding hydrogens is 880 g/mol. The molecular formula is C54H70N3O6P3. The third kappa shape index (κ3) is 13.6. The van der Waals surface area contributed by atoms with E-state index >= 15 is 0 Å². The summed E-state index contributed by atoms with van der Waals surface area (Å²) in [6, 6.07) is 49.0. The Morgan fingerprint density at radius 1 is 0.348 bits per heavy atom. The number of hydrogen-bond donors (Lipinski definition) is 2. The summed E-state index contributed by atoms with van der Waals surface area (Å²) in [6.07, 6.45) is 11.9. The van der Waals surface area contributed by atoms with E-state index in [1.165, 1.54) is 33.4 Å². The quantitative estimate of drug-likeness (QED) is 0.0580. The van der Waals surface area contributed by atoms with Crippen molar-refractivity contribution in [1.82, 2.24) is 9.72 Å². The first-order valence-corrected chi connectivity index (χ1v) is 29.3. The third-order valence-corrected chi connectivity index (χ3v) is 21.1. The molecule has 6 aromatic rings. The SMILES string of the molecule is CCCc1ccc(OP2(Oc3ccc(CCC)cc3)=N[PH](Oc3ccc(CCC)cc3)(Oc3ccc(CCC)cc3)N[PH](Oc3ccc(CCC)cc3)(Oc3ccc(CCC)cc3)N2)cc1. The molecule has 0 amide bonds. The van der Waals surface area contributed by atoms with Crippen LogP contribution in [0.1, 0.15) is 113 Å². The summed E-state index contributed by atoms with van der Waals surface area (Å²) in [5.74, 6) is 3.46. The van der Waals surface area contributed by atoms with Crippen molar-refractivity contribution in [3.05, 3.63) is 179 Å². The Morgan fingerprint density at radius 3 is 0.848 bits per heavy atom. The zero-order valence-electron chi connectivity index (χ0n) is 39.7. The normalized spacial score (nSPS) is 15.7. The molecule has 2 N–H and O–H groups in total. The summed E-state index contributed by atoms with van der Waals surface area (Å²) in [5.41, 5.74) is 7.27. The van der Waals surface area contributed by atoms with Gasteiger partial charge in [0.15, 0.2) is 0 Å². The number of nitrogens with one attached hydrogen (secondary N) is 2. The maximum atomic E-state index is 7.30. The van der Waals surface area contributed by atoms with Gasteiger partial charge in [-0.25, -0.2) is 0 Å². The monoisotopic (exact) mass is 949 g/mol. The molecule has 9 nitrogen and oxygen atoms in total. The summed E-state index contributed by atoms with van der Waals surface area (Å²) in [6.45, 7) is 13.1. The number of benzene rings is 6. The first-order valence-electron chi connectivity index (χ1n) is 24.1. The van der Waals surface area contributed by atoms with E-state index in [-0.39, 0.29) is 0 Å². The molecule has 0 aromatic heterocycles. The van der Waals surface area contributed by atoms with Crippen LogP contribution >= 0.6 is 23.7 Å². The van der Waals surface area contributed by atoms with E-state index < -0.39 is 23.7 Å². The molecule has 1 aliphatic rings. The average Bonchev–Trinajstić information content (AvgIpc) is 3.31. The van der Waals surface area contributed by atoms with Crippen molar-refractivity contribution in [2.24, 2.45) is 4.52 Å². The van der Waals surface area contributed by atoms with Gasteiger partial charge < -0.3 is 0 Å². The van der Waals surface area contributed by atoms with Gasteiger partial charge in [-0.1, -0.05) is 0 Å². The number of hydrogen-bond acceptors (Lipinski definition) is 9. The van der Waals surface area contributed by atoms with Crippen LogP contribution < -0.4 is 36.9 Å². The molecule has 0 bridgehead atoms. The second-order valence-electron chi connectivity index (χ2n) is 17.0. The summed E-state index contributed by atoms with van der Waals surface area (Å²) in [4.78, 5) is 7.56. The van der Waals surface area contributed by atoms with E-state index in [9.17, 15) is 0 Å². The van der Waals surface area contributed by atoms with Crippen LogP contribution in [0.25, 0.3) is 0 Å². The molecule has 0 aliphatic carbocycles. The van der Waals surface area contributed by atoms with Crippen LogP contribution in [-0.4, -0.2) is 0 Å². The molecule has 0 saturated heterocycles. The molecule has 352 valence electrons. The summed E-state index contributed by atoms with van der Waals surface area (Å²) >= 11 is 0. The Morgan fingerprint density at radius 2 is 0.591 bits per heavy atom. The van der Waals surface area contributed by atoms with Crippen molar-refractivity contribution >= 4 is 23.7 Å². The Hall–Kier alpha value is -4.87. The van der Waals surface area contributed by atoms with Gasteiger partial charge in [-0.3, -0.25) is 0 Å². The van der Waals surface area contributed by atoms with Gasteiger partial charge in [0.2, 0.25) is 0 Å². The zero-order valence-corrected chi connectivity index (χ0v) is 42.6. The topological polar surface area (TPSA) is 91.8 Å². The predicted molar refractivity (Wildman–Crippen MR) is 279 cm³/mol. The molecule has 0 unspecified atom stereocenters. The van der Waals surface area contributed by atoms with Crippen LogP contribution in [0, 0.1) is 0 Å². The fraction of sp³-hybridized carbons (Fsp3) is 0.333. The zero-order chi connectivity index (χ0) is 46.2. The second-order valence-corrected chi connectivity index (χ2v) is 24.3. The van der Waals surface area contributed by atoms with Crippen LogP contribution in [0.5, 0.6) is 34.5 Å².